The molecule has 2 N–H and O–H groups in total. The van der Waals surface area contributed by atoms with Crippen LogP contribution in [0, 0.1) is 0 Å². The van der Waals surface area contributed by atoms with Crippen molar-refractivity contribution >= 4 is 67.1 Å². The van der Waals surface area contributed by atoms with E-state index in [4.69, 9.17) is 44.6 Å². The van der Waals surface area contributed by atoms with Gasteiger partial charge < -0.3 is 9.79 Å². The molecule has 4 nitrogen and oxygen atoms in total. The minimum atomic E-state index is -4.53. The van der Waals surface area contributed by atoms with Crippen LogP contribution in [0.1, 0.15) is 0 Å². The highest BCUT2D eigenvalue weighted by atomic mass is 35.5. The molecule has 0 heterocycles. The molecule has 0 atom stereocenters. The number of benzene rings is 1. The minimum absolute atomic E-state index is 0. The quantitative estimate of drug-likeness (QED) is 0.488. The fraction of sp³-hybridized carbons (Fsp3) is 0. The lowest BCUT2D eigenvalue weighted by molar-refractivity contribution is 0.298. The van der Waals surface area contributed by atoms with E-state index in [0.717, 1.165) is 0 Å². The monoisotopic (exact) mass is 344 g/mol. The molecule has 0 aromatic heterocycles. The Bertz CT molecular complexity index is 400. The van der Waals surface area contributed by atoms with Crippen molar-refractivity contribution in [3.63, 3.8) is 0 Å². The zero-order valence-corrected chi connectivity index (χ0v) is 12.1. The van der Waals surface area contributed by atoms with Crippen LogP contribution in [0.25, 0.3) is 0 Å². The van der Waals surface area contributed by atoms with Gasteiger partial charge in [-0.2, -0.15) is 0 Å². The maximum Gasteiger partial charge on any atom is 0.481 e. The highest BCUT2D eigenvalue weighted by Gasteiger charge is 2.16. The number of hydrogen-bond donors (Lipinski definition) is 2. The molecular weight excluding hydrogens is 341 g/mol. The van der Waals surface area contributed by atoms with Gasteiger partial charge in [-0.15, -0.1) is 12.4 Å². The molecule has 16 heavy (non-hydrogen) atoms. The summed E-state index contributed by atoms with van der Waals surface area (Å²) in [5.74, 6) is 0. The molecule has 0 spiro atoms. The van der Waals surface area contributed by atoms with Crippen LogP contribution in [0.15, 0.2) is 17.0 Å². The second-order valence-corrected chi connectivity index (χ2v) is 5.76. The lowest BCUT2D eigenvalue weighted by Gasteiger charge is -2.05. The predicted octanol–water partition coefficient (Wildman–Crippen LogP) is 4.19. The first-order chi connectivity index (χ1) is 6.79. The van der Waals surface area contributed by atoms with E-state index >= 15 is 0 Å². The second kappa shape index (κ2) is 6.69. The molecule has 1 rings (SSSR count). The minimum Gasteiger partial charge on any atom is -0.302 e. The number of halogens is 4. The highest BCUT2D eigenvalue weighted by Crippen LogP contribution is 2.45. The molecule has 92 valence electrons. The molecule has 0 fully saturated rings. The summed E-state index contributed by atoms with van der Waals surface area (Å²) >= 11 is 17.5. The van der Waals surface area contributed by atoms with Crippen LogP contribution in [0.2, 0.25) is 15.1 Å². The first-order valence-corrected chi connectivity index (χ1v) is 6.76. The average Bonchev–Trinajstić information content (AvgIpc) is 2.09. The summed E-state index contributed by atoms with van der Waals surface area (Å²) in [6.07, 6.45) is 0. The van der Waals surface area contributed by atoms with Crippen molar-refractivity contribution in [2.45, 2.75) is 4.90 Å². The van der Waals surface area contributed by atoms with Gasteiger partial charge in [0.25, 0.3) is 0 Å². The summed E-state index contributed by atoms with van der Waals surface area (Å²) in [6, 6.07) is 2.77. The van der Waals surface area contributed by atoms with E-state index in [0.29, 0.717) is 16.9 Å². The van der Waals surface area contributed by atoms with Crippen molar-refractivity contribution in [3.8, 4) is 0 Å². The van der Waals surface area contributed by atoms with Crippen LogP contribution in [-0.2, 0) is 8.54 Å². The summed E-state index contributed by atoms with van der Waals surface area (Å²) in [4.78, 5) is 17.2. The maximum atomic E-state index is 10.4. The zero-order valence-electron chi connectivity index (χ0n) is 7.26. The topological polar surface area (TPSA) is 66.8 Å². The molecule has 0 saturated carbocycles. The lowest BCUT2D eigenvalue weighted by atomic mass is 10.4. The first kappa shape index (κ1) is 16.8. The van der Waals surface area contributed by atoms with Gasteiger partial charge in [-0.3, -0.25) is 0 Å². The average molecular weight is 346 g/mol. The van der Waals surface area contributed by atoms with Crippen LogP contribution >= 0.6 is 67.1 Å². The van der Waals surface area contributed by atoms with Crippen LogP contribution in [0.3, 0.4) is 0 Å². The molecule has 0 amide bonds. The summed E-state index contributed by atoms with van der Waals surface area (Å²) in [6.45, 7) is 0. The van der Waals surface area contributed by atoms with Crippen LogP contribution in [-0.4, -0.2) is 9.79 Å². The first-order valence-electron chi connectivity index (χ1n) is 3.36. The molecule has 1 aromatic rings. The predicted molar refractivity (Wildman–Crippen MR) is 67.7 cm³/mol. The van der Waals surface area contributed by atoms with E-state index in [1.807, 2.05) is 0 Å². The Balaban J connectivity index is 0.00000225. The number of hydrogen-bond acceptors (Lipinski definition) is 3. The molecule has 0 aliphatic heterocycles. The fourth-order valence-corrected chi connectivity index (χ4v) is 2.46. The van der Waals surface area contributed by atoms with Crippen LogP contribution in [0.5, 0.6) is 0 Å². The van der Waals surface area contributed by atoms with E-state index in [1.165, 1.54) is 12.1 Å². The molecule has 0 bridgehead atoms. The Morgan fingerprint density at radius 2 is 1.62 bits per heavy atom. The van der Waals surface area contributed by atoms with Crippen molar-refractivity contribution in [3.05, 3.63) is 27.2 Å². The largest absolute Gasteiger partial charge is 0.481 e. The van der Waals surface area contributed by atoms with Crippen LogP contribution in [0.4, 0.5) is 0 Å². The van der Waals surface area contributed by atoms with Gasteiger partial charge in [-0.05, 0) is 12.1 Å². The Hall–Kier alpha value is 0.840. The molecule has 1 aromatic carbocycles. The van der Waals surface area contributed by atoms with E-state index in [1.54, 1.807) is 0 Å². The van der Waals surface area contributed by atoms with E-state index in [-0.39, 0.29) is 27.5 Å². The molecule has 0 aliphatic rings. The van der Waals surface area contributed by atoms with Gasteiger partial charge in [0.1, 0.15) is 0 Å². The third kappa shape index (κ3) is 5.45. The molecule has 0 aliphatic carbocycles. The Morgan fingerprint density at radius 3 is 2.00 bits per heavy atom. The number of rotatable bonds is 3. The van der Waals surface area contributed by atoms with Crippen molar-refractivity contribution in [1.29, 1.82) is 0 Å². The summed E-state index contributed by atoms with van der Waals surface area (Å²) in [5, 5.41) is 0.542. The van der Waals surface area contributed by atoms with Gasteiger partial charge >= 0.3 is 7.82 Å². The summed E-state index contributed by atoms with van der Waals surface area (Å²) < 4.78 is 14.6. The normalized spacial score (nSPS) is 11.1. The molecule has 0 unspecified atom stereocenters. The highest BCUT2D eigenvalue weighted by molar-refractivity contribution is 7.97. The van der Waals surface area contributed by atoms with Crippen molar-refractivity contribution in [2.24, 2.45) is 0 Å². The van der Waals surface area contributed by atoms with Crippen LogP contribution < -0.4 is 0 Å². The molecule has 0 saturated heterocycles. The Morgan fingerprint density at radius 1 is 1.19 bits per heavy atom. The summed E-state index contributed by atoms with van der Waals surface area (Å²) in [7, 11) is -4.53. The van der Waals surface area contributed by atoms with Gasteiger partial charge in [-0.1, -0.05) is 34.8 Å². The maximum absolute atomic E-state index is 10.4. The number of phosphoric acid groups is 1. The van der Waals surface area contributed by atoms with Gasteiger partial charge in [-0.25, -0.2) is 8.54 Å². The van der Waals surface area contributed by atoms with Crippen molar-refractivity contribution in [1.82, 2.24) is 0 Å². The van der Waals surface area contributed by atoms with Crippen molar-refractivity contribution in [2.75, 3.05) is 0 Å². The van der Waals surface area contributed by atoms with Gasteiger partial charge in [0, 0.05) is 16.9 Å². The van der Waals surface area contributed by atoms with Gasteiger partial charge in [0.2, 0.25) is 0 Å². The second-order valence-electron chi connectivity index (χ2n) is 2.35. The van der Waals surface area contributed by atoms with E-state index in [2.05, 4.69) is 3.97 Å². The Kier molecular flexibility index (Phi) is 7.04. The lowest BCUT2D eigenvalue weighted by Crippen LogP contribution is -1.80. The molecule has 10 heteroatoms. The molecular formula is C6H5Cl4O4PS. The summed E-state index contributed by atoms with van der Waals surface area (Å²) in [5.41, 5.74) is 0. The fourth-order valence-electron chi connectivity index (χ4n) is 0.672. The smallest absolute Gasteiger partial charge is 0.302 e. The van der Waals surface area contributed by atoms with Crippen molar-refractivity contribution < 1.29 is 18.3 Å². The standard InChI is InChI=1S/C6H4Cl3O4PS.ClH/c7-4-1-3(2-5(8)6(4)9)15-13-14(10,11)12;/h1-2H,(H2,10,11,12);1H. The van der Waals surface area contributed by atoms with Gasteiger partial charge in [0.05, 0.1) is 15.1 Å². The SMILES string of the molecule is Cl.O=P(O)(O)OSc1cc(Cl)c(Cl)c(Cl)c1. The third-order valence-corrected chi connectivity index (χ3v) is 3.89. The Labute approximate surface area is 117 Å². The molecule has 0 radical (unpaired) electrons. The zero-order chi connectivity index (χ0) is 11.6. The third-order valence-electron chi connectivity index (χ3n) is 1.19. The van der Waals surface area contributed by atoms with E-state index in [9.17, 15) is 4.57 Å². The van der Waals surface area contributed by atoms with Gasteiger partial charge in [0.15, 0.2) is 0 Å². The van der Waals surface area contributed by atoms with E-state index < -0.39 is 7.82 Å².